The Hall–Kier alpha value is -2.53. The SMILES string of the molecule is CC(=O)Nc1cccc2c1CCN(Cc1ccc3c(c1)OCCO3)C2. The number of nitrogens with one attached hydrogen (secondary N) is 1. The zero-order valence-corrected chi connectivity index (χ0v) is 14.4. The summed E-state index contributed by atoms with van der Waals surface area (Å²) in [5.74, 6) is 1.65. The number of amides is 1. The Morgan fingerprint density at radius 1 is 1.16 bits per heavy atom. The minimum Gasteiger partial charge on any atom is -0.486 e. The third-order valence-corrected chi connectivity index (χ3v) is 4.67. The number of fused-ring (bicyclic) bond motifs is 2. The summed E-state index contributed by atoms with van der Waals surface area (Å²) in [6.07, 6.45) is 0.941. The van der Waals surface area contributed by atoms with Gasteiger partial charge in [0.2, 0.25) is 5.91 Å². The van der Waals surface area contributed by atoms with Gasteiger partial charge in [0.05, 0.1) is 0 Å². The molecule has 2 aromatic rings. The highest BCUT2D eigenvalue weighted by Gasteiger charge is 2.20. The van der Waals surface area contributed by atoms with Gasteiger partial charge in [-0.15, -0.1) is 0 Å². The fraction of sp³-hybridized carbons (Fsp3) is 0.350. The minimum absolute atomic E-state index is 0.0212. The summed E-state index contributed by atoms with van der Waals surface area (Å²) in [6, 6.07) is 12.3. The number of hydrogen-bond acceptors (Lipinski definition) is 4. The van der Waals surface area contributed by atoms with Gasteiger partial charge in [-0.3, -0.25) is 9.69 Å². The van der Waals surface area contributed by atoms with Crippen LogP contribution in [0.1, 0.15) is 23.6 Å². The number of nitrogens with zero attached hydrogens (tertiary/aromatic N) is 1. The largest absolute Gasteiger partial charge is 0.486 e. The Morgan fingerprint density at radius 2 is 2.00 bits per heavy atom. The Morgan fingerprint density at radius 3 is 2.84 bits per heavy atom. The monoisotopic (exact) mass is 338 g/mol. The molecule has 0 saturated carbocycles. The molecule has 2 aromatic carbocycles. The zero-order chi connectivity index (χ0) is 17.2. The molecule has 130 valence electrons. The smallest absolute Gasteiger partial charge is 0.221 e. The van der Waals surface area contributed by atoms with Crippen LogP contribution in [0.4, 0.5) is 5.69 Å². The molecule has 2 aliphatic rings. The number of rotatable bonds is 3. The van der Waals surface area contributed by atoms with Crippen LogP contribution in [0, 0.1) is 0 Å². The lowest BCUT2D eigenvalue weighted by molar-refractivity contribution is -0.114. The lowest BCUT2D eigenvalue weighted by atomic mass is 9.97. The molecule has 4 rings (SSSR count). The molecule has 5 heteroatoms. The van der Waals surface area contributed by atoms with Gasteiger partial charge in [0, 0.05) is 32.2 Å². The van der Waals surface area contributed by atoms with E-state index in [1.165, 1.54) is 16.7 Å². The van der Waals surface area contributed by atoms with Gasteiger partial charge in [0.1, 0.15) is 13.2 Å². The maximum atomic E-state index is 11.4. The van der Waals surface area contributed by atoms with E-state index in [2.05, 4.69) is 28.4 Å². The number of hydrogen-bond donors (Lipinski definition) is 1. The number of anilines is 1. The third kappa shape index (κ3) is 3.46. The highest BCUT2D eigenvalue weighted by atomic mass is 16.6. The molecule has 2 aliphatic heterocycles. The van der Waals surface area contributed by atoms with Gasteiger partial charge >= 0.3 is 0 Å². The lowest BCUT2D eigenvalue weighted by Gasteiger charge is -2.30. The molecule has 1 amide bonds. The van der Waals surface area contributed by atoms with Crippen molar-refractivity contribution in [2.75, 3.05) is 25.1 Å². The fourth-order valence-electron chi connectivity index (χ4n) is 3.55. The van der Waals surface area contributed by atoms with Gasteiger partial charge in [0.25, 0.3) is 0 Å². The van der Waals surface area contributed by atoms with Crippen LogP contribution in [0.2, 0.25) is 0 Å². The average Bonchev–Trinajstić information content (AvgIpc) is 2.61. The number of carbonyl (C=O) groups excluding carboxylic acids is 1. The first-order chi connectivity index (χ1) is 12.2. The van der Waals surface area contributed by atoms with E-state index in [4.69, 9.17) is 9.47 Å². The van der Waals surface area contributed by atoms with Crippen molar-refractivity contribution in [2.45, 2.75) is 26.4 Å². The Labute approximate surface area is 147 Å². The summed E-state index contributed by atoms with van der Waals surface area (Å²) in [5, 5.41) is 2.94. The molecule has 25 heavy (non-hydrogen) atoms. The summed E-state index contributed by atoms with van der Waals surface area (Å²) in [5.41, 5.74) is 4.72. The van der Waals surface area contributed by atoms with Gasteiger partial charge in [0.15, 0.2) is 11.5 Å². The van der Waals surface area contributed by atoms with Crippen molar-refractivity contribution in [1.29, 1.82) is 0 Å². The molecular weight excluding hydrogens is 316 g/mol. The lowest BCUT2D eigenvalue weighted by Crippen LogP contribution is -2.30. The maximum absolute atomic E-state index is 11.4. The number of benzene rings is 2. The van der Waals surface area contributed by atoms with E-state index >= 15 is 0 Å². The first-order valence-electron chi connectivity index (χ1n) is 8.68. The highest BCUT2D eigenvalue weighted by Crippen LogP contribution is 2.32. The quantitative estimate of drug-likeness (QED) is 0.935. The molecule has 2 heterocycles. The van der Waals surface area contributed by atoms with Gasteiger partial charge in [-0.2, -0.15) is 0 Å². The molecular formula is C20H22N2O3. The second kappa shape index (κ2) is 6.76. The topological polar surface area (TPSA) is 50.8 Å². The van der Waals surface area contributed by atoms with E-state index < -0.39 is 0 Å². The molecule has 0 bridgehead atoms. The van der Waals surface area contributed by atoms with Crippen molar-refractivity contribution in [2.24, 2.45) is 0 Å². The van der Waals surface area contributed by atoms with Crippen LogP contribution in [-0.4, -0.2) is 30.6 Å². The highest BCUT2D eigenvalue weighted by molar-refractivity contribution is 5.89. The summed E-state index contributed by atoms with van der Waals surface area (Å²) in [4.78, 5) is 13.8. The van der Waals surface area contributed by atoms with Crippen LogP contribution < -0.4 is 14.8 Å². The van der Waals surface area contributed by atoms with E-state index in [1.807, 2.05) is 18.2 Å². The van der Waals surface area contributed by atoms with Gasteiger partial charge in [-0.05, 0) is 41.3 Å². The third-order valence-electron chi connectivity index (χ3n) is 4.67. The van der Waals surface area contributed by atoms with E-state index in [0.717, 1.165) is 43.2 Å². The van der Waals surface area contributed by atoms with Crippen LogP contribution >= 0.6 is 0 Å². The maximum Gasteiger partial charge on any atom is 0.221 e. The Balaban J connectivity index is 1.49. The van der Waals surface area contributed by atoms with Crippen LogP contribution in [0.25, 0.3) is 0 Å². The molecule has 0 saturated heterocycles. The van der Waals surface area contributed by atoms with Crippen LogP contribution in [-0.2, 0) is 24.3 Å². The molecule has 0 radical (unpaired) electrons. The number of ether oxygens (including phenoxy) is 2. The summed E-state index contributed by atoms with van der Waals surface area (Å²) in [7, 11) is 0. The molecule has 0 unspecified atom stereocenters. The normalized spacial score (nSPS) is 16.2. The van der Waals surface area contributed by atoms with Crippen molar-refractivity contribution in [3.05, 3.63) is 53.1 Å². The second-order valence-corrected chi connectivity index (χ2v) is 6.56. The minimum atomic E-state index is -0.0212. The van der Waals surface area contributed by atoms with E-state index in [1.54, 1.807) is 6.92 Å². The van der Waals surface area contributed by atoms with Crippen molar-refractivity contribution in [3.63, 3.8) is 0 Å². The van der Waals surface area contributed by atoms with Crippen LogP contribution in [0.15, 0.2) is 36.4 Å². The fourth-order valence-corrected chi connectivity index (χ4v) is 3.55. The summed E-state index contributed by atoms with van der Waals surface area (Å²) in [6.45, 7) is 5.51. The van der Waals surface area contributed by atoms with Crippen molar-refractivity contribution in [3.8, 4) is 11.5 Å². The standard InChI is InChI=1S/C20H22N2O3/c1-14(23)21-18-4-2-3-16-13-22(8-7-17(16)18)12-15-5-6-19-20(11-15)25-10-9-24-19/h2-6,11H,7-10,12-13H2,1H3,(H,21,23). The van der Waals surface area contributed by atoms with Gasteiger partial charge < -0.3 is 14.8 Å². The second-order valence-electron chi connectivity index (χ2n) is 6.56. The van der Waals surface area contributed by atoms with E-state index in [0.29, 0.717) is 13.2 Å². The molecule has 0 aromatic heterocycles. The van der Waals surface area contributed by atoms with Crippen molar-refractivity contribution >= 4 is 11.6 Å². The summed E-state index contributed by atoms with van der Waals surface area (Å²) >= 11 is 0. The predicted molar refractivity (Wildman–Crippen MR) is 96.0 cm³/mol. The van der Waals surface area contributed by atoms with Crippen molar-refractivity contribution < 1.29 is 14.3 Å². The Kier molecular flexibility index (Phi) is 4.32. The van der Waals surface area contributed by atoms with E-state index in [-0.39, 0.29) is 5.91 Å². The zero-order valence-electron chi connectivity index (χ0n) is 14.4. The Bertz CT molecular complexity index is 804. The molecule has 0 aliphatic carbocycles. The predicted octanol–water partition coefficient (Wildman–Crippen LogP) is 2.97. The summed E-state index contributed by atoms with van der Waals surface area (Å²) < 4.78 is 11.3. The molecule has 0 fully saturated rings. The first kappa shape index (κ1) is 16.0. The van der Waals surface area contributed by atoms with Crippen LogP contribution in [0.3, 0.4) is 0 Å². The van der Waals surface area contributed by atoms with Crippen molar-refractivity contribution in [1.82, 2.24) is 4.90 Å². The molecule has 0 atom stereocenters. The van der Waals surface area contributed by atoms with E-state index in [9.17, 15) is 4.79 Å². The molecule has 1 N–H and O–H groups in total. The van der Waals surface area contributed by atoms with Gasteiger partial charge in [-0.25, -0.2) is 0 Å². The number of carbonyl (C=O) groups is 1. The van der Waals surface area contributed by atoms with Gasteiger partial charge in [-0.1, -0.05) is 18.2 Å². The van der Waals surface area contributed by atoms with Crippen LogP contribution in [0.5, 0.6) is 11.5 Å². The molecule has 5 nitrogen and oxygen atoms in total. The first-order valence-corrected chi connectivity index (χ1v) is 8.68. The molecule has 0 spiro atoms. The average molecular weight is 338 g/mol.